The number of ether oxygens (including phenoxy) is 2. The van der Waals surface area contributed by atoms with Crippen LogP contribution in [0.15, 0.2) is 24.3 Å². The number of halogens is 1. The van der Waals surface area contributed by atoms with Crippen LogP contribution < -0.4 is 0 Å². The highest BCUT2D eigenvalue weighted by molar-refractivity contribution is 6.30. The van der Waals surface area contributed by atoms with Crippen LogP contribution in [0.3, 0.4) is 0 Å². The van der Waals surface area contributed by atoms with E-state index in [1.807, 2.05) is 29.2 Å². The maximum absolute atomic E-state index is 12.2. The van der Waals surface area contributed by atoms with E-state index in [9.17, 15) is 14.7 Å². The molecule has 1 amide bonds. The summed E-state index contributed by atoms with van der Waals surface area (Å²) >= 11 is 5.99. The molecule has 7 heteroatoms. The van der Waals surface area contributed by atoms with Gasteiger partial charge in [-0.2, -0.15) is 0 Å². The van der Waals surface area contributed by atoms with E-state index >= 15 is 0 Å². The van der Waals surface area contributed by atoms with Gasteiger partial charge in [0, 0.05) is 30.6 Å². The maximum atomic E-state index is 12.2. The van der Waals surface area contributed by atoms with Crippen LogP contribution in [0.1, 0.15) is 44.1 Å². The average Bonchev–Trinajstić information content (AvgIpc) is 3.02. The predicted molar refractivity (Wildman–Crippen MR) is 107 cm³/mol. The van der Waals surface area contributed by atoms with E-state index in [2.05, 4.69) is 4.74 Å². The molecule has 2 unspecified atom stereocenters. The number of methoxy groups -OCH3 is 1. The molecule has 0 bridgehead atoms. The molecule has 2 atom stereocenters. The molecular formula is C21H30ClNO5. The van der Waals surface area contributed by atoms with E-state index in [0.29, 0.717) is 37.4 Å². The molecule has 1 aliphatic heterocycles. The third-order valence-electron chi connectivity index (χ3n) is 5.03. The summed E-state index contributed by atoms with van der Waals surface area (Å²) in [6.45, 7) is 1.13. The Kier molecular flexibility index (Phi) is 9.75. The number of unbranched alkanes of at least 4 members (excludes halogenated alkanes) is 1. The van der Waals surface area contributed by atoms with Gasteiger partial charge < -0.3 is 19.5 Å². The molecule has 1 fully saturated rings. The molecule has 2 rings (SSSR count). The SMILES string of the molecule is COC(=O)COCCCCN1C(=O)CCC1CCC(O)Cc1cccc(Cl)c1. The number of likely N-dealkylation sites (tertiary alicyclic amines) is 1. The number of carbonyl (C=O) groups excluding carboxylic acids is 2. The number of hydrogen-bond donors (Lipinski definition) is 1. The van der Waals surface area contributed by atoms with Crippen molar-refractivity contribution < 1.29 is 24.2 Å². The molecule has 1 N–H and O–H groups in total. The monoisotopic (exact) mass is 411 g/mol. The lowest BCUT2D eigenvalue weighted by Crippen LogP contribution is -2.34. The normalized spacial score (nSPS) is 17.8. The number of nitrogens with zero attached hydrogens (tertiary/aromatic N) is 1. The predicted octanol–water partition coefficient (Wildman–Crippen LogP) is 2.98. The summed E-state index contributed by atoms with van der Waals surface area (Å²) in [5.74, 6) is -0.198. The number of benzene rings is 1. The fourth-order valence-electron chi connectivity index (χ4n) is 3.52. The zero-order chi connectivity index (χ0) is 20.4. The summed E-state index contributed by atoms with van der Waals surface area (Å²) < 4.78 is 9.74. The van der Waals surface area contributed by atoms with Crippen LogP contribution in [0, 0.1) is 0 Å². The summed E-state index contributed by atoms with van der Waals surface area (Å²) in [6.07, 6.45) is 4.62. The van der Waals surface area contributed by atoms with Crippen LogP contribution in [0.4, 0.5) is 0 Å². The largest absolute Gasteiger partial charge is 0.467 e. The number of aliphatic hydroxyl groups excluding tert-OH is 1. The third-order valence-corrected chi connectivity index (χ3v) is 5.27. The van der Waals surface area contributed by atoms with Gasteiger partial charge in [-0.3, -0.25) is 4.79 Å². The highest BCUT2D eigenvalue weighted by Gasteiger charge is 2.30. The van der Waals surface area contributed by atoms with Gasteiger partial charge in [0.2, 0.25) is 5.91 Å². The molecule has 1 aliphatic rings. The van der Waals surface area contributed by atoms with E-state index in [-0.39, 0.29) is 24.5 Å². The van der Waals surface area contributed by atoms with Gasteiger partial charge in [-0.1, -0.05) is 23.7 Å². The Morgan fingerprint density at radius 1 is 1.39 bits per heavy atom. The molecule has 0 aromatic heterocycles. The van der Waals surface area contributed by atoms with Crippen LogP contribution in [0.25, 0.3) is 0 Å². The fourth-order valence-corrected chi connectivity index (χ4v) is 3.74. The zero-order valence-electron chi connectivity index (χ0n) is 16.4. The molecule has 1 heterocycles. The van der Waals surface area contributed by atoms with Gasteiger partial charge in [0.25, 0.3) is 0 Å². The Morgan fingerprint density at radius 2 is 2.21 bits per heavy atom. The topological polar surface area (TPSA) is 76.1 Å². The van der Waals surface area contributed by atoms with Gasteiger partial charge >= 0.3 is 5.97 Å². The van der Waals surface area contributed by atoms with Crippen molar-refractivity contribution in [3.8, 4) is 0 Å². The van der Waals surface area contributed by atoms with Crippen molar-refractivity contribution in [3.63, 3.8) is 0 Å². The van der Waals surface area contributed by atoms with Crippen LogP contribution in [-0.4, -0.2) is 60.9 Å². The second-order valence-corrected chi connectivity index (χ2v) is 7.62. The first-order valence-corrected chi connectivity index (χ1v) is 10.2. The van der Waals surface area contributed by atoms with Gasteiger partial charge in [0.05, 0.1) is 13.2 Å². The average molecular weight is 412 g/mol. The number of rotatable bonds is 12. The third kappa shape index (κ3) is 7.78. The summed E-state index contributed by atoms with van der Waals surface area (Å²) in [4.78, 5) is 25.1. The molecule has 0 saturated carbocycles. The second-order valence-electron chi connectivity index (χ2n) is 7.18. The van der Waals surface area contributed by atoms with Crippen molar-refractivity contribution in [2.24, 2.45) is 0 Å². The van der Waals surface area contributed by atoms with Crippen molar-refractivity contribution in [2.75, 3.05) is 26.9 Å². The van der Waals surface area contributed by atoms with Gasteiger partial charge in [0.15, 0.2) is 0 Å². The molecule has 1 aromatic carbocycles. The number of esters is 1. The van der Waals surface area contributed by atoms with Gasteiger partial charge in [-0.15, -0.1) is 0 Å². The minimum Gasteiger partial charge on any atom is -0.467 e. The first-order chi connectivity index (χ1) is 13.5. The molecule has 156 valence electrons. The molecule has 0 radical (unpaired) electrons. The molecule has 0 aliphatic carbocycles. The number of amides is 1. The van der Waals surface area contributed by atoms with Crippen molar-refractivity contribution >= 4 is 23.5 Å². The smallest absolute Gasteiger partial charge is 0.331 e. The van der Waals surface area contributed by atoms with Crippen molar-refractivity contribution in [3.05, 3.63) is 34.9 Å². The lowest BCUT2D eigenvalue weighted by Gasteiger charge is -2.25. The molecule has 28 heavy (non-hydrogen) atoms. The van der Waals surface area contributed by atoms with Gasteiger partial charge in [-0.05, 0) is 56.2 Å². The molecule has 1 saturated heterocycles. The molecule has 0 spiro atoms. The molecule has 1 aromatic rings. The minimum atomic E-state index is -0.442. The van der Waals surface area contributed by atoms with E-state index in [0.717, 1.165) is 31.2 Å². The van der Waals surface area contributed by atoms with E-state index in [1.165, 1.54) is 7.11 Å². The van der Waals surface area contributed by atoms with Gasteiger partial charge in [0.1, 0.15) is 6.61 Å². The quantitative estimate of drug-likeness (QED) is 0.422. The van der Waals surface area contributed by atoms with Crippen LogP contribution in [0.2, 0.25) is 5.02 Å². The Balaban J connectivity index is 1.67. The lowest BCUT2D eigenvalue weighted by atomic mass is 10.0. The zero-order valence-corrected chi connectivity index (χ0v) is 17.2. The van der Waals surface area contributed by atoms with E-state index in [1.54, 1.807) is 0 Å². The van der Waals surface area contributed by atoms with Crippen molar-refractivity contribution in [1.82, 2.24) is 4.90 Å². The van der Waals surface area contributed by atoms with Crippen molar-refractivity contribution in [2.45, 2.75) is 57.1 Å². The maximum Gasteiger partial charge on any atom is 0.331 e. The first kappa shape index (κ1) is 22.7. The first-order valence-electron chi connectivity index (χ1n) is 9.86. The Bertz CT molecular complexity index is 639. The lowest BCUT2D eigenvalue weighted by molar-refractivity contribution is -0.145. The summed E-state index contributed by atoms with van der Waals surface area (Å²) in [5.41, 5.74) is 1.02. The summed E-state index contributed by atoms with van der Waals surface area (Å²) in [6, 6.07) is 7.73. The van der Waals surface area contributed by atoms with Crippen LogP contribution in [0.5, 0.6) is 0 Å². The minimum absolute atomic E-state index is 0.0354. The highest BCUT2D eigenvalue weighted by atomic mass is 35.5. The van der Waals surface area contributed by atoms with E-state index < -0.39 is 6.10 Å². The van der Waals surface area contributed by atoms with Gasteiger partial charge in [-0.25, -0.2) is 4.79 Å². The van der Waals surface area contributed by atoms with Crippen molar-refractivity contribution in [1.29, 1.82) is 0 Å². The Labute approximate surface area is 171 Å². The molecular weight excluding hydrogens is 382 g/mol. The highest BCUT2D eigenvalue weighted by Crippen LogP contribution is 2.24. The fraction of sp³-hybridized carbons (Fsp3) is 0.619. The Morgan fingerprint density at radius 3 is 2.96 bits per heavy atom. The summed E-state index contributed by atoms with van der Waals surface area (Å²) in [5, 5.41) is 11.0. The molecule has 6 nitrogen and oxygen atoms in total. The van der Waals surface area contributed by atoms with Crippen LogP contribution >= 0.6 is 11.6 Å². The second kappa shape index (κ2) is 12.0. The summed E-state index contributed by atoms with van der Waals surface area (Å²) in [7, 11) is 1.33. The number of carbonyl (C=O) groups is 2. The van der Waals surface area contributed by atoms with Crippen LogP contribution in [-0.2, 0) is 25.5 Å². The van der Waals surface area contributed by atoms with E-state index in [4.69, 9.17) is 16.3 Å². The Hall–Kier alpha value is -1.63. The number of aliphatic hydroxyl groups is 1. The number of hydrogen-bond acceptors (Lipinski definition) is 5. The standard InChI is InChI=1S/C21H30ClNO5/c1-27-21(26)15-28-12-3-2-11-23-18(8-10-20(23)25)7-9-19(24)14-16-5-4-6-17(22)13-16/h4-6,13,18-19,24H,2-3,7-12,14-15H2,1H3.